The average molecular weight is 261 g/mol. The molecule has 0 saturated carbocycles. The summed E-state index contributed by atoms with van der Waals surface area (Å²) in [5.41, 5.74) is 1.75. The van der Waals surface area contributed by atoms with Crippen LogP contribution in [0.1, 0.15) is 25.0 Å². The second kappa shape index (κ2) is 6.75. The molecule has 1 unspecified atom stereocenters. The number of benzene rings is 1. The van der Waals surface area contributed by atoms with E-state index >= 15 is 0 Å². The Labute approximate surface area is 105 Å². The number of rotatable bonds is 6. The van der Waals surface area contributed by atoms with Crippen molar-refractivity contribution in [2.75, 3.05) is 6.54 Å². The number of halogens is 3. The summed E-state index contributed by atoms with van der Waals surface area (Å²) in [6.07, 6.45) is -6.05. The molecule has 0 aliphatic heterocycles. The van der Waals surface area contributed by atoms with Crippen LogP contribution in [-0.2, 0) is 17.9 Å². The van der Waals surface area contributed by atoms with Crippen molar-refractivity contribution < 1.29 is 17.9 Å². The first-order chi connectivity index (χ1) is 8.45. The van der Waals surface area contributed by atoms with E-state index in [1.807, 2.05) is 19.1 Å². The predicted octanol–water partition coefficient (Wildman–Crippen LogP) is 3.26. The molecule has 1 aromatic rings. The van der Waals surface area contributed by atoms with Gasteiger partial charge in [-0.25, -0.2) is 0 Å². The number of nitrogens with one attached hydrogen (secondary N) is 1. The third-order valence-corrected chi connectivity index (χ3v) is 2.63. The van der Waals surface area contributed by atoms with Gasteiger partial charge in [0.05, 0.1) is 6.61 Å². The summed E-state index contributed by atoms with van der Waals surface area (Å²) in [5, 5.41) is 3.15. The monoisotopic (exact) mass is 261 g/mol. The lowest BCUT2D eigenvalue weighted by Crippen LogP contribution is -2.28. The number of alkyl halides is 3. The molecule has 5 heteroatoms. The molecule has 1 N–H and O–H groups in total. The molecule has 0 amide bonds. The third kappa shape index (κ3) is 4.66. The maximum Gasteiger partial charge on any atom is 0.414 e. The van der Waals surface area contributed by atoms with Crippen molar-refractivity contribution in [1.29, 1.82) is 0 Å². The van der Waals surface area contributed by atoms with Crippen molar-refractivity contribution in [2.45, 2.75) is 39.3 Å². The fourth-order valence-electron chi connectivity index (χ4n) is 1.44. The lowest BCUT2D eigenvalue weighted by Gasteiger charge is -2.17. The highest BCUT2D eigenvalue weighted by atomic mass is 19.4. The molecule has 0 aromatic heterocycles. The van der Waals surface area contributed by atoms with Crippen molar-refractivity contribution in [3.8, 4) is 0 Å². The maximum atomic E-state index is 12.3. The van der Waals surface area contributed by atoms with Crippen LogP contribution < -0.4 is 5.32 Å². The number of ether oxygens (including phenoxy) is 1. The van der Waals surface area contributed by atoms with Crippen LogP contribution >= 0.6 is 0 Å². The van der Waals surface area contributed by atoms with E-state index < -0.39 is 12.3 Å². The molecule has 102 valence electrons. The molecule has 0 bridgehead atoms. The Balaban J connectivity index is 2.61. The summed E-state index contributed by atoms with van der Waals surface area (Å²) in [5.74, 6) is 0. The average Bonchev–Trinajstić information content (AvgIpc) is 2.33. The second-order valence-corrected chi connectivity index (χ2v) is 4.04. The summed E-state index contributed by atoms with van der Waals surface area (Å²) in [4.78, 5) is 0. The summed E-state index contributed by atoms with van der Waals surface area (Å²) in [7, 11) is 0. The molecule has 0 radical (unpaired) electrons. The van der Waals surface area contributed by atoms with Gasteiger partial charge < -0.3 is 10.1 Å². The summed E-state index contributed by atoms with van der Waals surface area (Å²) in [6.45, 7) is 4.42. The molecule has 0 saturated heterocycles. The molecule has 0 fully saturated rings. The predicted molar refractivity (Wildman–Crippen MR) is 64.1 cm³/mol. The Kier molecular flexibility index (Phi) is 5.62. The Bertz CT molecular complexity index is 365. The van der Waals surface area contributed by atoms with E-state index in [0.29, 0.717) is 6.54 Å². The lowest BCUT2D eigenvalue weighted by molar-refractivity contribution is -0.217. The molecule has 0 heterocycles. The van der Waals surface area contributed by atoms with Gasteiger partial charge in [-0.1, -0.05) is 31.2 Å². The lowest BCUT2D eigenvalue weighted by atomic mass is 10.1. The third-order valence-electron chi connectivity index (χ3n) is 2.63. The number of hydrogen-bond donors (Lipinski definition) is 1. The van der Waals surface area contributed by atoms with Crippen LogP contribution in [0.5, 0.6) is 0 Å². The molecule has 18 heavy (non-hydrogen) atoms. The van der Waals surface area contributed by atoms with Crippen molar-refractivity contribution in [1.82, 2.24) is 5.32 Å². The van der Waals surface area contributed by atoms with Gasteiger partial charge in [0.25, 0.3) is 0 Å². The highest BCUT2D eigenvalue weighted by Crippen LogP contribution is 2.23. The zero-order valence-corrected chi connectivity index (χ0v) is 10.6. The minimum Gasteiger partial charge on any atom is -0.364 e. The topological polar surface area (TPSA) is 21.3 Å². The molecule has 0 spiro atoms. The highest BCUT2D eigenvalue weighted by Gasteiger charge is 2.36. The van der Waals surface area contributed by atoms with Gasteiger partial charge in [0, 0.05) is 6.54 Å². The van der Waals surface area contributed by atoms with E-state index in [1.165, 1.54) is 0 Å². The van der Waals surface area contributed by atoms with Crippen molar-refractivity contribution >= 4 is 0 Å². The Hall–Kier alpha value is -1.07. The summed E-state index contributed by atoms with van der Waals surface area (Å²) >= 11 is 0. The molecule has 1 rings (SSSR count). The van der Waals surface area contributed by atoms with Crippen molar-refractivity contribution in [2.24, 2.45) is 0 Å². The summed E-state index contributed by atoms with van der Waals surface area (Å²) in [6, 6.07) is 7.34. The molecule has 0 aliphatic rings. The van der Waals surface area contributed by atoms with Gasteiger partial charge in [0.2, 0.25) is 0 Å². The molecule has 1 atom stereocenters. The standard InChI is InChI=1S/C13H18F3NO/c1-3-17-8-11-6-4-5-7-12(11)9-18-10(2)13(14,15)16/h4-7,10,17H,3,8-9H2,1-2H3. The molecule has 1 aromatic carbocycles. The van der Waals surface area contributed by atoms with E-state index in [-0.39, 0.29) is 6.61 Å². The van der Waals surface area contributed by atoms with Gasteiger partial charge >= 0.3 is 6.18 Å². The van der Waals surface area contributed by atoms with E-state index in [0.717, 1.165) is 24.6 Å². The van der Waals surface area contributed by atoms with E-state index in [1.54, 1.807) is 12.1 Å². The van der Waals surface area contributed by atoms with E-state index in [9.17, 15) is 13.2 Å². The smallest absolute Gasteiger partial charge is 0.364 e. The highest BCUT2D eigenvalue weighted by molar-refractivity contribution is 5.26. The zero-order valence-electron chi connectivity index (χ0n) is 10.6. The van der Waals surface area contributed by atoms with Crippen LogP contribution in [0, 0.1) is 0 Å². The first-order valence-electron chi connectivity index (χ1n) is 5.91. The normalized spacial score (nSPS) is 13.6. The molecular formula is C13H18F3NO. The Morgan fingerprint density at radius 1 is 1.22 bits per heavy atom. The van der Waals surface area contributed by atoms with Crippen molar-refractivity contribution in [3.05, 3.63) is 35.4 Å². The van der Waals surface area contributed by atoms with Gasteiger partial charge in [-0.2, -0.15) is 13.2 Å². The first kappa shape index (κ1) is 15.0. The van der Waals surface area contributed by atoms with Gasteiger partial charge in [0.15, 0.2) is 6.10 Å². The van der Waals surface area contributed by atoms with Crippen LogP contribution in [-0.4, -0.2) is 18.8 Å². The van der Waals surface area contributed by atoms with Crippen LogP contribution in [0.4, 0.5) is 13.2 Å². The van der Waals surface area contributed by atoms with Gasteiger partial charge in [0.1, 0.15) is 0 Å². The largest absolute Gasteiger partial charge is 0.414 e. The van der Waals surface area contributed by atoms with Crippen LogP contribution in [0.2, 0.25) is 0 Å². The molecule has 0 aliphatic carbocycles. The fraction of sp³-hybridized carbons (Fsp3) is 0.538. The van der Waals surface area contributed by atoms with Crippen LogP contribution in [0.3, 0.4) is 0 Å². The maximum absolute atomic E-state index is 12.3. The van der Waals surface area contributed by atoms with E-state index in [4.69, 9.17) is 4.74 Å². The van der Waals surface area contributed by atoms with Crippen LogP contribution in [0.25, 0.3) is 0 Å². The minimum atomic E-state index is -4.31. The number of hydrogen-bond acceptors (Lipinski definition) is 2. The fourth-order valence-corrected chi connectivity index (χ4v) is 1.44. The molecule has 2 nitrogen and oxygen atoms in total. The van der Waals surface area contributed by atoms with Crippen LogP contribution in [0.15, 0.2) is 24.3 Å². The SMILES string of the molecule is CCNCc1ccccc1COC(C)C(F)(F)F. The van der Waals surface area contributed by atoms with Gasteiger partial charge in [-0.05, 0) is 24.6 Å². The molecular weight excluding hydrogens is 243 g/mol. The zero-order chi connectivity index (χ0) is 13.6. The minimum absolute atomic E-state index is 0.0256. The second-order valence-electron chi connectivity index (χ2n) is 4.04. The van der Waals surface area contributed by atoms with E-state index in [2.05, 4.69) is 5.32 Å². The van der Waals surface area contributed by atoms with Gasteiger partial charge in [-0.15, -0.1) is 0 Å². The summed E-state index contributed by atoms with van der Waals surface area (Å²) < 4.78 is 41.8. The van der Waals surface area contributed by atoms with Crippen molar-refractivity contribution in [3.63, 3.8) is 0 Å². The first-order valence-corrected chi connectivity index (χ1v) is 5.91. The Morgan fingerprint density at radius 2 is 1.83 bits per heavy atom. The van der Waals surface area contributed by atoms with Gasteiger partial charge in [-0.3, -0.25) is 0 Å². The quantitative estimate of drug-likeness (QED) is 0.848. The Morgan fingerprint density at radius 3 is 2.39 bits per heavy atom.